The fourth-order valence-electron chi connectivity index (χ4n) is 2.50. The standard InChI is InChI=1S/C17H13Cl5N2O3/c18-8-3-4-11(27-7-9-2-1-5-26-9)10(6-8)23-17(25)15-13(20)12(19)14(21)16(22)24-15/h3-4,6,9H,1-2,5,7H2,(H,23,25). The second kappa shape index (κ2) is 9.03. The van der Waals surface area contributed by atoms with Crippen LogP contribution in [-0.4, -0.2) is 30.2 Å². The highest BCUT2D eigenvalue weighted by Gasteiger charge is 2.22. The lowest BCUT2D eigenvalue weighted by Crippen LogP contribution is -2.19. The zero-order valence-electron chi connectivity index (χ0n) is 13.7. The van der Waals surface area contributed by atoms with Gasteiger partial charge in [-0.3, -0.25) is 4.79 Å². The average Bonchev–Trinajstić information content (AvgIpc) is 3.15. The summed E-state index contributed by atoms with van der Waals surface area (Å²) in [6.45, 7) is 1.09. The van der Waals surface area contributed by atoms with Crippen molar-refractivity contribution in [3.63, 3.8) is 0 Å². The molecule has 1 fully saturated rings. The van der Waals surface area contributed by atoms with Gasteiger partial charge in [-0.05, 0) is 31.0 Å². The van der Waals surface area contributed by atoms with Gasteiger partial charge in [0.15, 0.2) is 0 Å². The summed E-state index contributed by atoms with van der Waals surface area (Å²) in [5.74, 6) is -0.199. The van der Waals surface area contributed by atoms with Crippen molar-refractivity contribution in [2.75, 3.05) is 18.5 Å². The topological polar surface area (TPSA) is 60.5 Å². The maximum absolute atomic E-state index is 12.6. The molecule has 0 saturated carbocycles. The summed E-state index contributed by atoms with van der Waals surface area (Å²) in [6.07, 6.45) is 1.95. The first-order chi connectivity index (χ1) is 12.9. The number of amides is 1. The fourth-order valence-corrected chi connectivity index (χ4v) is 3.49. The van der Waals surface area contributed by atoms with Gasteiger partial charge >= 0.3 is 0 Å². The van der Waals surface area contributed by atoms with E-state index in [9.17, 15) is 4.79 Å². The molecular formula is C17H13Cl5N2O3. The molecule has 3 rings (SSSR count). The zero-order valence-corrected chi connectivity index (χ0v) is 17.5. The lowest BCUT2D eigenvalue weighted by molar-refractivity contribution is 0.0682. The van der Waals surface area contributed by atoms with Gasteiger partial charge in [0.05, 0.1) is 26.9 Å². The van der Waals surface area contributed by atoms with Crippen LogP contribution < -0.4 is 10.1 Å². The molecule has 2 heterocycles. The summed E-state index contributed by atoms with van der Waals surface area (Å²) in [5, 5.41) is 2.77. The molecule has 1 saturated heterocycles. The van der Waals surface area contributed by atoms with E-state index in [2.05, 4.69) is 10.3 Å². The van der Waals surface area contributed by atoms with Crippen LogP contribution in [0.4, 0.5) is 5.69 Å². The van der Waals surface area contributed by atoms with Crippen molar-refractivity contribution in [1.82, 2.24) is 4.98 Å². The first kappa shape index (κ1) is 20.8. The Labute approximate surface area is 180 Å². The third-order valence-corrected chi connectivity index (χ3v) is 5.75. The van der Waals surface area contributed by atoms with Gasteiger partial charge in [-0.15, -0.1) is 0 Å². The number of hydrogen-bond acceptors (Lipinski definition) is 4. The summed E-state index contributed by atoms with van der Waals surface area (Å²) in [5.41, 5.74) is 0.187. The molecule has 1 unspecified atom stereocenters. The van der Waals surface area contributed by atoms with Crippen molar-refractivity contribution >= 4 is 69.6 Å². The molecule has 1 aromatic heterocycles. The van der Waals surface area contributed by atoms with E-state index in [0.717, 1.165) is 19.4 Å². The van der Waals surface area contributed by atoms with E-state index in [1.165, 1.54) is 0 Å². The number of carbonyl (C=O) groups is 1. The molecule has 0 bridgehead atoms. The van der Waals surface area contributed by atoms with Crippen LogP contribution in [-0.2, 0) is 4.74 Å². The molecule has 0 spiro atoms. The summed E-state index contributed by atoms with van der Waals surface area (Å²) in [6, 6.07) is 4.87. The van der Waals surface area contributed by atoms with Gasteiger partial charge in [-0.1, -0.05) is 58.0 Å². The number of ether oxygens (including phenoxy) is 2. The third kappa shape index (κ3) is 4.91. The van der Waals surface area contributed by atoms with Crippen LogP contribution >= 0.6 is 58.0 Å². The second-order valence-electron chi connectivity index (χ2n) is 5.73. The number of nitrogens with one attached hydrogen (secondary N) is 1. The number of hydrogen-bond donors (Lipinski definition) is 1. The Morgan fingerprint density at radius 2 is 1.96 bits per heavy atom. The molecule has 1 aromatic carbocycles. The Kier molecular flexibility index (Phi) is 6.95. The van der Waals surface area contributed by atoms with Crippen molar-refractivity contribution in [3.8, 4) is 5.75 Å². The van der Waals surface area contributed by atoms with Crippen LogP contribution in [0.25, 0.3) is 0 Å². The molecule has 144 valence electrons. The van der Waals surface area contributed by atoms with Crippen LogP contribution in [0, 0.1) is 0 Å². The molecule has 1 aliphatic rings. The van der Waals surface area contributed by atoms with Gasteiger partial charge in [-0.2, -0.15) is 0 Å². The van der Waals surface area contributed by atoms with Gasteiger partial charge in [0.1, 0.15) is 23.2 Å². The average molecular weight is 471 g/mol. The van der Waals surface area contributed by atoms with Crippen LogP contribution in [0.1, 0.15) is 23.3 Å². The minimum absolute atomic E-state index is 0.0224. The molecule has 5 nitrogen and oxygen atoms in total. The number of pyridine rings is 1. The quantitative estimate of drug-likeness (QED) is 0.532. The lowest BCUT2D eigenvalue weighted by atomic mass is 10.2. The molecule has 27 heavy (non-hydrogen) atoms. The molecule has 0 radical (unpaired) electrons. The van der Waals surface area contributed by atoms with Crippen molar-refractivity contribution < 1.29 is 14.3 Å². The Bertz CT molecular complexity index is 872. The molecule has 10 heteroatoms. The lowest BCUT2D eigenvalue weighted by Gasteiger charge is -2.16. The van der Waals surface area contributed by atoms with Crippen molar-refractivity contribution in [3.05, 3.63) is 49.1 Å². The van der Waals surface area contributed by atoms with E-state index in [0.29, 0.717) is 23.1 Å². The van der Waals surface area contributed by atoms with Gasteiger partial charge in [0.25, 0.3) is 5.91 Å². The van der Waals surface area contributed by atoms with E-state index >= 15 is 0 Å². The second-order valence-corrected chi connectivity index (χ2v) is 7.66. The molecule has 1 atom stereocenters. The normalized spacial score (nSPS) is 16.4. The minimum atomic E-state index is -0.635. The molecule has 1 amide bonds. The highest BCUT2D eigenvalue weighted by molar-refractivity contribution is 6.52. The van der Waals surface area contributed by atoms with Crippen molar-refractivity contribution in [1.29, 1.82) is 0 Å². The van der Waals surface area contributed by atoms with Crippen LogP contribution in [0.15, 0.2) is 18.2 Å². The van der Waals surface area contributed by atoms with Crippen molar-refractivity contribution in [2.45, 2.75) is 18.9 Å². The van der Waals surface area contributed by atoms with E-state index in [1.807, 2.05) is 0 Å². The summed E-state index contributed by atoms with van der Waals surface area (Å²) in [4.78, 5) is 16.5. The summed E-state index contributed by atoms with van der Waals surface area (Å²) in [7, 11) is 0. The third-order valence-electron chi connectivity index (χ3n) is 3.84. The Hall–Kier alpha value is -0.950. The maximum atomic E-state index is 12.6. The Morgan fingerprint density at radius 1 is 1.19 bits per heavy atom. The maximum Gasteiger partial charge on any atom is 0.276 e. The minimum Gasteiger partial charge on any atom is -0.489 e. The summed E-state index contributed by atoms with van der Waals surface area (Å²) >= 11 is 29.9. The zero-order chi connectivity index (χ0) is 19.6. The predicted molar refractivity (Wildman–Crippen MR) is 108 cm³/mol. The van der Waals surface area contributed by atoms with Gasteiger partial charge in [0, 0.05) is 11.6 Å². The Morgan fingerprint density at radius 3 is 2.67 bits per heavy atom. The molecule has 1 N–H and O–H groups in total. The molecule has 1 aliphatic heterocycles. The summed E-state index contributed by atoms with van der Waals surface area (Å²) < 4.78 is 11.3. The highest BCUT2D eigenvalue weighted by atomic mass is 35.5. The number of nitrogens with zero attached hydrogens (tertiary/aromatic N) is 1. The largest absolute Gasteiger partial charge is 0.489 e. The van der Waals surface area contributed by atoms with Crippen LogP contribution in [0.5, 0.6) is 5.75 Å². The first-order valence-corrected chi connectivity index (χ1v) is 9.81. The number of aromatic nitrogens is 1. The van der Waals surface area contributed by atoms with Gasteiger partial charge < -0.3 is 14.8 Å². The fraction of sp³-hybridized carbons (Fsp3) is 0.294. The van der Waals surface area contributed by atoms with Crippen LogP contribution in [0.2, 0.25) is 25.2 Å². The Balaban J connectivity index is 1.82. The highest BCUT2D eigenvalue weighted by Crippen LogP contribution is 2.37. The molecular weight excluding hydrogens is 457 g/mol. The van der Waals surface area contributed by atoms with E-state index < -0.39 is 5.91 Å². The predicted octanol–water partition coefficient (Wildman–Crippen LogP) is 6.16. The number of carbonyl (C=O) groups excluding carboxylic acids is 1. The number of benzene rings is 1. The smallest absolute Gasteiger partial charge is 0.276 e. The molecule has 2 aromatic rings. The SMILES string of the molecule is O=C(Nc1cc(Cl)ccc1OCC1CCCO1)c1nc(Cl)c(Cl)c(Cl)c1Cl. The van der Waals surface area contributed by atoms with E-state index in [4.69, 9.17) is 67.5 Å². The molecule has 0 aliphatic carbocycles. The van der Waals surface area contributed by atoms with Gasteiger partial charge in [0.2, 0.25) is 0 Å². The van der Waals surface area contributed by atoms with Crippen LogP contribution in [0.3, 0.4) is 0 Å². The first-order valence-electron chi connectivity index (χ1n) is 7.92. The number of halogens is 5. The van der Waals surface area contributed by atoms with E-state index in [1.54, 1.807) is 18.2 Å². The van der Waals surface area contributed by atoms with E-state index in [-0.39, 0.29) is 32.0 Å². The van der Waals surface area contributed by atoms with Gasteiger partial charge in [-0.25, -0.2) is 4.98 Å². The van der Waals surface area contributed by atoms with Crippen molar-refractivity contribution in [2.24, 2.45) is 0 Å². The number of rotatable bonds is 5. The monoisotopic (exact) mass is 468 g/mol. The number of anilines is 1.